The van der Waals surface area contributed by atoms with Crippen molar-refractivity contribution < 1.29 is 9.53 Å². The highest BCUT2D eigenvalue weighted by atomic mass is 16.5. The Bertz CT molecular complexity index is 1230. The summed E-state index contributed by atoms with van der Waals surface area (Å²) >= 11 is 0. The molecule has 2 N–H and O–H groups in total. The SMILES string of the molecule is COc1ccc2ccccc2c1CNC(=O)c1ccc(-c2ccccc2)[nH]c1=O. The molecule has 0 aliphatic rings. The van der Waals surface area contributed by atoms with E-state index in [4.69, 9.17) is 4.74 Å². The van der Waals surface area contributed by atoms with Gasteiger partial charge in [0.1, 0.15) is 11.3 Å². The molecular formula is C24H20N2O3. The van der Waals surface area contributed by atoms with Gasteiger partial charge in [-0.3, -0.25) is 9.59 Å². The van der Waals surface area contributed by atoms with Gasteiger partial charge in [-0.05, 0) is 34.5 Å². The van der Waals surface area contributed by atoms with Crippen molar-refractivity contribution in [2.24, 2.45) is 0 Å². The van der Waals surface area contributed by atoms with Gasteiger partial charge in [0.05, 0.1) is 7.11 Å². The number of hydrogen-bond donors (Lipinski definition) is 2. The number of carbonyl (C=O) groups is 1. The molecule has 0 atom stereocenters. The van der Waals surface area contributed by atoms with Crippen LogP contribution in [0.3, 0.4) is 0 Å². The Hall–Kier alpha value is -3.86. The van der Waals surface area contributed by atoms with Crippen molar-refractivity contribution in [3.05, 3.63) is 100 Å². The molecule has 1 aromatic heterocycles. The van der Waals surface area contributed by atoms with Gasteiger partial charge in [-0.1, -0.05) is 60.7 Å². The van der Waals surface area contributed by atoms with Crippen LogP contribution in [-0.2, 0) is 6.54 Å². The highest BCUT2D eigenvalue weighted by molar-refractivity contribution is 5.95. The first-order chi connectivity index (χ1) is 14.2. The first-order valence-corrected chi connectivity index (χ1v) is 9.29. The minimum absolute atomic E-state index is 0.0730. The monoisotopic (exact) mass is 384 g/mol. The number of benzene rings is 3. The molecule has 0 aliphatic heterocycles. The topological polar surface area (TPSA) is 71.2 Å². The van der Waals surface area contributed by atoms with Gasteiger partial charge in [0.25, 0.3) is 11.5 Å². The number of rotatable bonds is 5. The van der Waals surface area contributed by atoms with E-state index in [-0.39, 0.29) is 12.1 Å². The third kappa shape index (κ3) is 3.75. The van der Waals surface area contributed by atoms with Crippen molar-refractivity contribution in [1.82, 2.24) is 10.3 Å². The highest BCUT2D eigenvalue weighted by Crippen LogP contribution is 2.27. The van der Waals surface area contributed by atoms with Crippen molar-refractivity contribution in [2.75, 3.05) is 7.11 Å². The van der Waals surface area contributed by atoms with E-state index < -0.39 is 11.5 Å². The summed E-state index contributed by atoms with van der Waals surface area (Å²) < 4.78 is 5.46. The molecular weight excluding hydrogens is 364 g/mol. The molecule has 0 fully saturated rings. The Morgan fingerprint density at radius 2 is 1.69 bits per heavy atom. The maximum absolute atomic E-state index is 12.7. The number of H-pyrrole nitrogens is 1. The maximum atomic E-state index is 12.7. The van der Waals surface area contributed by atoms with Crippen molar-refractivity contribution in [3.63, 3.8) is 0 Å². The summed E-state index contributed by atoms with van der Waals surface area (Å²) in [7, 11) is 1.60. The number of aromatic amines is 1. The summed E-state index contributed by atoms with van der Waals surface area (Å²) in [5.41, 5.74) is 2.08. The third-order valence-electron chi connectivity index (χ3n) is 4.88. The summed E-state index contributed by atoms with van der Waals surface area (Å²) in [6, 6.07) is 24.6. The van der Waals surface area contributed by atoms with Gasteiger partial charge < -0.3 is 15.0 Å². The van der Waals surface area contributed by atoms with Crippen molar-refractivity contribution in [2.45, 2.75) is 6.54 Å². The number of hydrogen-bond acceptors (Lipinski definition) is 3. The number of nitrogens with one attached hydrogen (secondary N) is 2. The van der Waals surface area contributed by atoms with Crippen LogP contribution in [0.5, 0.6) is 5.75 Å². The Balaban J connectivity index is 1.58. The zero-order valence-electron chi connectivity index (χ0n) is 15.9. The molecule has 0 radical (unpaired) electrons. The van der Waals surface area contributed by atoms with E-state index in [1.165, 1.54) is 0 Å². The normalized spacial score (nSPS) is 10.7. The molecule has 1 amide bonds. The maximum Gasteiger partial charge on any atom is 0.261 e. The smallest absolute Gasteiger partial charge is 0.261 e. The van der Waals surface area contributed by atoms with Gasteiger partial charge >= 0.3 is 0 Å². The standard InChI is InChI=1S/C24H20N2O3/c1-29-22-14-11-16-7-5-6-10-18(16)20(22)15-25-23(27)19-12-13-21(26-24(19)28)17-8-3-2-4-9-17/h2-14H,15H2,1H3,(H,25,27)(H,26,28). The zero-order chi connectivity index (χ0) is 20.2. The number of pyridine rings is 1. The fraction of sp³-hybridized carbons (Fsp3) is 0.0833. The summed E-state index contributed by atoms with van der Waals surface area (Å²) in [5, 5.41) is 4.90. The fourth-order valence-electron chi connectivity index (χ4n) is 3.39. The second-order valence-corrected chi connectivity index (χ2v) is 6.63. The van der Waals surface area contributed by atoms with Gasteiger partial charge in [0.15, 0.2) is 0 Å². The van der Waals surface area contributed by atoms with E-state index in [0.29, 0.717) is 11.4 Å². The second kappa shape index (κ2) is 8.02. The van der Waals surface area contributed by atoms with E-state index in [2.05, 4.69) is 10.3 Å². The number of aromatic nitrogens is 1. The van der Waals surface area contributed by atoms with Crippen LogP contribution >= 0.6 is 0 Å². The molecule has 0 aliphatic carbocycles. The second-order valence-electron chi connectivity index (χ2n) is 6.63. The van der Waals surface area contributed by atoms with E-state index >= 15 is 0 Å². The molecule has 3 aromatic carbocycles. The van der Waals surface area contributed by atoms with Crippen LogP contribution < -0.4 is 15.6 Å². The van der Waals surface area contributed by atoms with Crippen LogP contribution in [0.15, 0.2) is 83.7 Å². The molecule has 0 unspecified atom stereocenters. The molecule has 5 heteroatoms. The minimum atomic E-state index is -0.430. The summed E-state index contributed by atoms with van der Waals surface area (Å²) in [6.07, 6.45) is 0. The van der Waals surface area contributed by atoms with Gasteiger partial charge in [0.2, 0.25) is 0 Å². The number of ether oxygens (including phenoxy) is 1. The van der Waals surface area contributed by atoms with Crippen LogP contribution in [0.2, 0.25) is 0 Å². The zero-order valence-corrected chi connectivity index (χ0v) is 15.9. The molecule has 5 nitrogen and oxygen atoms in total. The molecule has 0 saturated heterocycles. The van der Waals surface area contributed by atoms with Gasteiger partial charge in [-0.2, -0.15) is 0 Å². The van der Waals surface area contributed by atoms with Crippen LogP contribution in [-0.4, -0.2) is 18.0 Å². The van der Waals surface area contributed by atoms with Crippen molar-refractivity contribution in [3.8, 4) is 17.0 Å². The molecule has 1 heterocycles. The van der Waals surface area contributed by atoms with E-state index in [0.717, 1.165) is 21.9 Å². The van der Waals surface area contributed by atoms with Gasteiger partial charge in [0, 0.05) is 17.8 Å². The van der Waals surface area contributed by atoms with Gasteiger partial charge in [-0.15, -0.1) is 0 Å². The summed E-state index contributed by atoms with van der Waals surface area (Å²) in [4.78, 5) is 27.9. The lowest BCUT2D eigenvalue weighted by molar-refractivity contribution is 0.0949. The van der Waals surface area contributed by atoms with E-state index in [1.807, 2.05) is 66.7 Å². The Morgan fingerprint density at radius 1 is 0.931 bits per heavy atom. The number of methoxy groups -OCH3 is 1. The molecule has 144 valence electrons. The molecule has 29 heavy (non-hydrogen) atoms. The largest absolute Gasteiger partial charge is 0.496 e. The van der Waals surface area contributed by atoms with Crippen molar-refractivity contribution >= 4 is 16.7 Å². The third-order valence-corrected chi connectivity index (χ3v) is 4.88. The van der Waals surface area contributed by atoms with Crippen LogP contribution in [0.25, 0.3) is 22.0 Å². The van der Waals surface area contributed by atoms with Crippen LogP contribution in [0, 0.1) is 0 Å². The van der Waals surface area contributed by atoms with E-state index in [1.54, 1.807) is 19.2 Å². The Kier molecular flexibility index (Phi) is 5.12. The number of amides is 1. The first-order valence-electron chi connectivity index (χ1n) is 9.29. The molecule has 0 saturated carbocycles. The predicted molar refractivity (Wildman–Crippen MR) is 114 cm³/mol. The average molecular weight is 384 g/mol. The lowest BCUT2D eigenvalue weighted by Crippen LogP contribution is -2.29. The highest BCUT2D eigenvalue weighted by Gasteiger charge is 2.14. The fourth-order valence-corrected chi connectivity index (χ4v) is 3.39. The lowest BCUT2D eigenvalue weighted by atomic mass is 10.0. The quantitative estimate of drug-likeness (QED) is 0.543. The van der Waals surface area contributed by atoms with Gasteiger partial charge in [-0.25, -0.2) is 0 Å². The summed E-state index contributed by atoms with van der Waals surface area (Å²) in [6.45, 7) is 0.253. The number of fused-ring (bicyclic) bond motifs is 1. The van der Waals surface area contributed by atoms with Crippen LogP contribution in [0.4, 0.5) is 0 Å². The van der Waals surface area contributed by atoms with Crippen molar-refractivity contribution in [1.29, 1.82) is 0 Å². The number of carbonyl (C=O) groups excluding carboxylic acids is 1. The lowest BCUT2D eigenvalue weighted by Gasteiger charge is -2.13. The molecule has 4 rings (SSSR count). The molecule has 4 aromatic rings. The Morgan fingerprint density at radius 3 is 2.45 bits per heavy atom. The van der Waals surface area contributed by atoms with E-state index in [9.17, 15) is 9.59 Å². The Labute approximate surface area is 168 Å². The summed E-state index contributed by atoms with van der Waals surface area (Å²) in [5.74, 6) is 0.262. The predicted octanol–water partition coefficient (Wildman–Crippen LogP) is 4.13. The average Bonchev–Trinajstić information content (AvgIpc) is 2.77. The van der Waals surface area contributed by atoms with Crippen LogP contribution in [0.1, 0.15) is 15.9 Å². The minimum Gasteiger partial charge on any atom is -0.496 e. The molecule has 0 spiro atoms. The first kappa shape index (κ1) is 18.5. The molecule has 0 bridgehead atoms.